The van der Waals surface area contributed by atoms with E-state index < -0.39 is 24.2 Å². The summed E-state index contributed by atoms with van der Waals surface area (Å²) in [5.41, 5.74) is 6.94. The first-order chi connectivity index (χ1) is 28.6. The SMILES string of the molecule is [2H]c1c([2H])c([2H])c2c(-c3cccc(-c4ccccc4)c3)c3c([2H])c([2H])c([2H])c([2H])c3c(-c3ccc(-c4nc5ccccc5n4-c4ccc5ccccc5c4)cc3)c2c1[2H]. The number of imidazole rings is 1. The number of hydrogen-bond acceptors (Lipinski definition) is 1. The molecule has 0 saturated carbocycles. The van der Waals surface area contributed by atoms with Crippen LogP contribution in [0.5, 0.6) is 0 Å². The van der Waals surface area contributed by atoms with E-state index in [4.69, 9.17) is 10.5 Å². The van der Waals surface area contributed by atoms with Crippen molar-refractivity contribution in [3.63, 3.8) is 0 Å². The number of hydrogen-bond donors (Lipinski definition) is 0. The number of nitrogens with zero attached hydrogens (tertiary/aromatic N) is 2. The van der Waals surface area contributed by atoms with Gasteiger partial charge in [-0.3, -0.25) is 4.57 Å². The van der Waals surface area contributed by atoms with Crippen LogP contribution in [0.4, 0.5) is 0 Å². The number of benzene rings is 9. The van der Waals surface area contributed by atoms with E-state index in [2.05, 4.69) is 34.9 Å². The second-order valence-corrected chi connectivity index (χ2v) is 12.6. The molecule has 2 nitrogen and oxygen atoms in total. The molecule has 0 N–H and O–H groups in total. The first kappa shape index (κ1) is 22.0. The molecule has 10 rings (SSSR count). The van der Waals surface area contributed by atoms with E-state index in [-0.39, 0.29) is 45.7 Å². The molecule has 0 atom stereocenters. The molecule has 0 bridgehead atoms. The summed E-state index contributed by atoms with van der Waals surface area (Å²) < 4.78 is 74.8. The maximum absolute atomic E-state index is 9.37. The molecule has 2 heteroatoms. The maximum atomic E-state index is 9.37. The van der Waals surface area contributed by atoms with E-state index in [0.29, 0.717) is 28.1 Å². The highest BCUT2D eigenvalue weighted by atomic mass is 15.1. The van der Waals surface area contributed by atoms with Gasteiger partial charge in [0, 0.05) is 11.3 Å². The Labute approximate surface area is 307 Å². The van der Waals surface area contributed by atoms with E-state index in [1.165, 1.54) is 0 Å². The second kappa shape index (κ2) is 12.0. The molecule has 0 saturated heterocycles. The predicted molar refractivity (Wildman–Crippen MR) is 215 cm³/mol. The summed E-state index contributed by atoms with van der Waals surface area (Å²) in [6.07, 6.45) is 0. The summed E-state index contributed by atoms with van der Waals surface area (Å²) in [6.45, 7) is 0. The Balaban J connectivity index is 1.26. The molecule has 0 amide bonds. The summed E-state index contributed by atoms with van der Waals surface area (Å²) in [6, 6.07) is 44.2. The van der Waals surface area contributed by atoms with Gasteiger partial charge in [0.25, 0.3) is 0 Å². The second-order valence-electron chi connectivity index (χ2n) is 12.6. The lowest BCUT2D eigenvalue weighted by molar-refractivity contribution is 1.11. The molecule has 0 unspecified atom stereocenters. The summed E-state index contributed by atoms with van der Waals surface area (Å²) in [7, 11) is 0. The van der Waals surface area contributed by atoms with Crippen molar-refractivity contribution in [2.24, 2.45) is 0 Å². The quantitative estimate of drug-likeness (QED) is 0.169. The molecule has 51 heavy (non-hydrogen) atoms. The van der Waals surface area contributed by atoms with E-state index in [9.17, 15) is 5.48 Å². The van der Waals surface area contributed by atoms with Gasteiger partial charge < -0.3 is 0 Å². The molecule has 238 valence electrons. The Morgan fingerprint density at radius 1 is 0.412 bits per heavy atom. The number of fused-ring (bicyclic) bond motifs is 4. The van der Waals surface area contributed by atoms with Crippen LogP contribution >= 0.6 is 0 Å². The molecule has 9 aromatic carbocycles. The smallest absolute Gasteiger partial charge is 0.145 e. The van der Waals surface area contributed by atoms with Crippen LogP contribution < -0.4 is 0 Å². The average molecular weight is 657 g/mol. The van der Waals surface area contributed by atoms with Gasteiger partial charge in [0.15, 0.2) is 0 Å². The molecule has 0 fully saturated rings. The Bertz CT molecular complexity index is 3280. The van der Waals surface area contributed by atoms with Crippen LogP contribution in [0.15, 0.2) is 194 Å². The van der Waals surface area contributed by atoms with Gasteiger partial charge in [-0.05, 0) is 96.0 Å². The highest BCUT2D eigenvalue weighted by Crippen LogP contribution is 2.44. The molecule has 0 aliphatic rings. The molecule has 1 heterocycles. The monoisotopic (exact) mass is 656 g/mol. The average Bonchev–Trinajstić information content (AvgIpc) is 3.68. The van der Waals surface area contributed by atoms with Gasteiger partial charge in [-0.1, -0.05) is 164 Å². The van der Waals surface area contributed by atoms with Crippen LogP contribution in [0.1, 0.15) is 11.0 Å². The van der Waals surface area contributed by atoms with Gasteiger partial charge in [0.05, 0.1) is 22.0 Å². The highest BCUT2D eigenvalue weighted by Gasteiger charge is 2.19. The van der Waals surface area contributed by atoms with Crippen LogP contribution in [0, 0.1) is 0 Å². The molecule has 0 radical (unpaired) electrons. The zero-order valence-electron chi connectivity index (χ0n) is 35.3. The van der Waals surface area contributed by atoms with E-state index >= 15 is 0 Å². The largest absolute Gasteiger partial charge is 0.292 e. The Morgan fingerprint density at radius 3 is 1.71 bits per heavy atom. The minimum atomic E-state index is -0.436. The molecule has 10 aromatic rings. The van der Waals surface area contributed by atoms with Crippen LogP contribution in [0.2, 0.25) is 0 Å². The van der Waals surface area contributed by atoms with Gasteiger partial charge in [-0.15, -0.1) is 0 Å². The summed E-state index contributed by atoms with van der Waals surface area (Å²) in [5.74, 6) is 0.695. The van der Waals surface area contributed by atoms with E-state index in [0.717, 1.165) is 44.2 Å². The zero-order valence-corrected chi connectivity index (χ0v) is 27.3. The fourth-order valence-electron chi connectivity index (χ4n) is 7.27. The highest BCUT2D eigenvalue weighted by molar-refractivity contribution is 6.21. The lowest BCUT2D eigenvalue weighted by Gasteiger charge is -2.18. The van der Waals surface area contributed by atoms with Crippen LogP contribution in [0.25, 0.3) is 93.8 Å². The molecular weight excluding hydrogens is 617 g/mol. The van der Waals surface area contributed by atoms with Gasteiger partial charge in [-0.25, -0.2) is 4.98 Å². The first-order valence-corrected chi connectivity index (χ1v) is 16.8. The van der Waals surface area contributed by atoms with Gasteiger partial charge in [0.1, 0.15) is 5.82 Å². The third-order valence-corrected chi connectivity index (χ3v) is 9.62. The number of rotatable bonds is 5. The van der Waals surface area contributed by atoms with Gasteiger partial charge >= 0.3 is 0 Å². The van der Waals surface area contributed by atoms with Crippen LogP contribution in [-0.2, 0) is 0 Å². The van der Waals surface area contributed by atoms with E-state index in [1.54, 1.807) is 0 Å². The standard InChI is InChI=1S/C49H32N2/c1-2-13-33(14-3-1)37-17-12-18-39(31-37)48-43-21-8-6-19-41(43)47(42-20-7-9-22-44(42)48)35-25-27-36(28-26-35)49-50-45-23-10-11-24-46(45)51(49)40-30-29-34-15-4-5-16-38(34)32-40/h1-32H/i6D,7D,8D,9D,19D,20D,21D,22D. The first-order valence-electron chi connectivity index (χ1n) is 20.8. The summed E-state index contributed by atoms with van der Waals surface area (Å²) in [5, 5.41) is 2.91. The lowest BCUT2D eigenvalue weighted by atomic mass is 9.85. The van der Waals surface area contributed by atoms with Gasteiger partial charge in [0.2, 0.25) is 0 Å². The topological polar surface area (TPSA) is 17.8 Å². The Morgan fingerprint density at radius 2 is 0.980 bits per heavy atom. The van der Waals surface area contributed by atoms with Crippen molar-refractivity contribution in [2.45, 2.75) is 0 Å². The number of aromatic nitrogens is 2. The van der Waals surface area contributed by atoms with Crippen molar-refractivity contribution in [3.8, 4) is 50.5 Å². The minimum absolute atomic E-state index is 0.171. The third kappa shape index (κ3) is 4.92. The van der Waals surface area contributed by atoms with Crippen LogP contribution in [-0.4, -0.2) is 9.55 Å². The Hall–Kier alpha value is -6.77. The minimum Gasteiger partial charge on any atom is -0.292 e. The van der Waals surface area contributed by atoms with E-state index in [1.807, 2.05) is 115 Å². The summed E-state index contributed by atoms with van der Waals surface area (Å²) >= 11 is 0. The van der Waals surface area contributed by atoms with Crippen molar-refractivity contribution in [1.29, 1.82) is 0 Å². The fraction of sp³-hybridized carbons (Fsp3) is 0. The van der Waals surface area contributed by atoms with Crippen LogP contribution in [0.3, 0.4) is 0 Å². The normalized spacial score (nSPS) is 13.7. The third-order valence-electron chi connectivity index (χ3n) is 9.62. The predicted octanol–water partition coefficient (Wildman–Crippen LogP) is 13.2. The molecule has 0 aliphatic heterocycles. The lowest BCUT2D eigenvalue weighted by Crippen LogP contribution is -1.98. The van der Waals surface area contributed by atoms with Gasteiger partial charge in [-0.2, -0.15) is 0 Å². The van der Waals surface area contributed by atoms with Crippen molar-refractivity contribution in [3.05, 3.63) is 194 Å². The fourth-order valence-corrected chi connectivity index (χ4v) is 7.27. The molecule has 0 spiro atoms. The molecular formula is C49H32N2. The number of para-hydroxylation sites is 2. The summed E-state index contributed by atoms with van der Waals surface area (Å²) in [4.78, 5) is 5.07. The molecule has 0 aliphatic carbocycles. The zero-order chi connectivity index (χ0) is 40.7. The van der Waals surface area contributed by atoms with Crippen molar-refractivity contribution in [2.75, 3.05) is 0 Å². The Kier molecular flexibility index (Phi) is 5.18. The van der Waals surface area contributed by atoms with Crippen molar-refractivity contribution < 1.29 is 11.0 Å². The van der Waals surface area contributed by atoms with Crippen molar-refractivity contribution in [1.82, 2.24) is 9.55 Å². The van der Waals surface area contributed by atoms with Crippen molar-refractivity contribution >= 4 is 43.4 Å². The molecule has 1 aromatic heterocycles. The maximum Gasteiger partial charge on any atom is 0.145 e.